The number of halogens is 4. The Morgan fingerprint density at radius 1 is 1.10 bits per heavy atom. The van der Waals surface area contributed by atoms with Crippen LogP contribution in [0.25, 0.3) is 10.9 Å². The van der Waals surface area contributed by atoms with Crippen molar-refractivity contribution in [1.82, 2.24) is 9.66 Å². The molecule has 3 rings (SSSR count). The first-order valence-electron chi connectivity index (χ1n) is 9.61. The molecule has 3 aromatic rings. The Hall–Kier alpha value is -3.23. The van der Waals surface area contributed by atoms with Gasteiger partial charge in [0, 0.05) is 5.92 Å². The first kappa shape index (κ1) is 22.5. The van der Waals surface area contributed by atoms with Crippen molar-refractivity contribution in [3.63, 3.8) is 0 Å². The monoisotopic (exact) mass is 435 g/mol. The zero-order valence-corrected chi connectivity index (χ0v) is 17.3. The van der Waals surface area contributed by atoms with Crippen LogP contribution in [0.2, 0.25) is 0 Å². The molecule has 0 bridgehead atoms. The molecule has 5 nitrogen and oxygen atoms in total. The molecule has 1 amide bonds. The van der Waals surface area contributed by atoms with Gasteiger partial charge in [-0.25, -0.2) is 14.1 Å². The van der Waals surface area contributed by atoms with E-state index >= 15 is 0 Å². The highest BCUT2D eigenvalue weighted by molar-refractivity contribution is 5.90. The zero-order valence-electron chi connectivity index (χ0n) is 17.3. The number of aromatic nitrogens is 2. The van der Waals surface area contributed by atoms with E-state index in [2.05, 4.69) is 10.4 Å². The molecule has 31 heavy (non-hydrogen) atoms. The van der Waals surface area contributed by atoms with E-state index in [0.717, 1.165) is 22.9 Å². The second-order valence-electron chi connectivity index (χ2n) is 7.70. The van der Waals surface area contributed by atoms with Crippen molar-refractivity contribution in [2.45, 2.75) is 45.7 Å². The Morgan fingerprint density at radius 3 is 2.35 bits per heavy atom. The Labute approximate surface area is 175 Å². The molecular formula is C22H21F4N3O2. The van der Waals surface area contributed by atoms with Crippen LogP contribution < -0.4 is 11.0 Å². The summed E-state index contributed by atoms with van der Waals surface area (Å²) in [5, 5.41) is -0.0632. The minimum absolute atomic E-state index is 0.0632. The third-order valence-electron chi connectivity index (χ3n) is 5.05. The highest BCUT2D eigenvalue weighted by Crippen LogP contribution is 2.30. The molecule has 0 aliphatic rings. The number of nitrogens with one attached hydrogen (secondary N) is 1. The van der Waals surface area contributed by atoms with Gasteiger partial charge in [0.2, 0.25) is 5.91 Å². The number of carbonyl (C=O) groups excluding carboxylic acids is 1. The first-order valence-corrected chi connectivity index (χ1v) is 9.61. The number of hydrogen-bond acceptors (Lipinski definition) is 3. The normalized spacial score (nSPS) is 12.9. The average molecular weight is 435 g/mol. The van der Waals surface area contributed by atoms with Gasteiger partial charge in [-0.15, -0.1) is 0 Å². The lowest BCUT2D eigenvalue weighted by molar-refractivity contribution is -0.137. The lowest BCUT2D eigenvalue weighted by Gasteiger charge is -2.19. The second-order valence-corrected chi connectivity index (χ2v) is 7.70. The molecule has 0 radical (unpaired) electrons. The summed E-state index contributed by atoms with van der Waals surface area (Å²) in [6, 6.07) is 7.07. The van der Waals surface area contributed by atoms with Gasteiger partial charge in [0.15, 0.2) is 0 Å². The van der Waals surface area contributed by atoms with E-state index in [1.807, 2.05) is 0 Å². The van der Waals surface area contributed by atoms with E-state index in [-0.39, 0.29) is 22.6 Å². The quantitative estimate of drug-likeness (QED) is 0.596. The number of amides is 1. The molecular weight excluding hydrogens is 414 g/mol. The predicted octanol–water partition coefficient (Wildman–Crippen LogP) is 4.86. The largest absolute Gasteiger partial charge is 0.416 e. The summed E-state index contributed by atoms with van der Waals surface area (Å²) in [7, 11) is 0. The molecule has 0 saturated heterocycles. The topological polar surface area (TPSA) is 64.0 Å². The van der Waals surface area contributed by atoms with E-state index in [4.69, 9.17) is 0 Å². The number of carbonyl (C=O) groups is 1. The van der Waals surface area contributed by atoms with Crippen LogP contribution in [0, 0.1) is 12.7 Å². The standard InChI is InChI=1S/C22H21F4N3O2/c1-11(2)19-27-18-10-15(22(24,25)26)7-8-16(18)21(31)29(19)28-20(30)13(4)14-6-5-12(3)17(23)9-14/h5-11,13H,1-4H3,(H,28,30). The van der Waals surface area contributed by atoms with Crippen LogP contribution in [0.5, 0.6) is 0 Å². The van der Waals surface area contributed by atoms with E-state index in [1.165, 1.54) is 6.07 Å². The maximum atomic E-state index is 13.9. The Morgan fingerprint density at radius 2 is 1.77 bits per heavy atom. The fraction of sp³-hybridized carbons (Fsp3) is 0.318. The third kappa shape index (κ3) is 4.45. The van der Waals surface area contributed by atoms with Crippen LogP contribution in [0.1, 0.15) is 55.1 Å². The number of nitrogens with zero attached hydrogens (tertiary/aromatic N) is 2. The lowest BCUT2D eigenvalue weighted by atomic mass is 9.99. The van der Waals surface area contributed by atoms with Crippen molar-refractivity contribution in [1.29, 1.82) is 0 Å². The zero-order chi connectivity index (χ0) is 23.1. The summed E-state index contributed by atoms with van der Waals surface area (Å²) >= 11 is 0. The second kappa shape index (κ2) is 8.13. The van der Waals surface area contributed by atoms with E-state index < -0.39 is 34.9 Å². The van der Waals surface area contributed by atoms with Crippen LogP contribution in [-0.2, 0) is 11.0 Å². The Bertz CT molecular complexity index is 1220. The highest BCUT2D eigenvalue weighted by atomic mass is 19.4. The molecule has 0 saturated carbocycles. The fourth-order valence-corrected chi connectivity index (χ4v) is 3.11. The molecule has 0 aliphatic carbocycles. The molecule has 0 aliphatic heterocycles. The van der Waals surface area contributed by atoms with Crippen molar-refractivity contribution in [3.8, 4) is 0 Å². The molecule has 1 N–H and O–H groups in total. The maximum absolute atomic E-state index is 13.9. The van der Waals surface area contributed by atoms with Crippen molar-refractivity contribution < 1.29 is 22.4 Å². The van der Waals surface area contributed by atoms with Gasteiger partial charge in [-0.1, -0.05) is 26.0 Å². The van der Waals surface area contributed by atoms with Gasteiger partial charge in [0.05, 0.1) is 22.4 Å². The lowest BCUT2D eigenvalue weighted by Crippen LogP contribution is -2.38. The van der Waals surface area contributed by atoms with Crippen LogP contribution in [0.3, 0.4) is 0 Å². The molecule has 0 fully saturated rings. The van der Waals surface area contributed by atoms with Gasteiger partial charge >= 0.3 is 6.18 Å². The number of benzene rings is 2. The maximum Gasteiger partial charge on any atom is 0.416 e. The molecule has 0 spiro atoms. The number of hydrogen-bond donors (Lipinski definition) is 1. The van der Waals surface area contributed by atoms with Crippen LogP contribution in [0.15, 0.2) is 41.2 Å². The van der Waals surface area contributed by atoms with Crippen molar-refractivity contribution in [2.75, 3.05) is 5.43 Å². The molecule has 2 aromatic carbocycles. The summed E-state index contributed by atoms with van der Waals surface area (Å²) in [6.45, 7) is 6.55. The molecule has 164 valence electrons. The molecule has 9 heteroatoms. The summed E-state index contributed by atoms with van der Waals surface area (Å²) in [5.41, 5.74) is 1.62. The predicted molar refractivity (Wildman–Crippen MR) is 109 cm³/mol. The van der Waals surface area contributed by atoms with Crippen molar-refractivity contribution in [3.05, 3.63) is 75.1 Å². The van der Waals surface area contributed by atoms with E-state index in [1.54, 1.807) is 39.8 Å². The van der Waals surface area contributed by atoms with Gasteiger partial charge in [-0.2, -0.15) is 13.2 Å². The van der Waals surface area contributed by atoms with Crippen LogP contribution in [0.4, 0.5) is 17.6 Å². The summed E-state index contributed by atoms with van der Waals surface area (Å²) in [5.74, 6) is -2.10. The van der Waals surface area contributed by atoms with Crippen molar-refractivity contribution >= 4 is 16.8 Å². The minimum atomic E-state index is -4.57. The third-order valence-corrected chi connectivity index (χ3v) is 5.05. The number of rotatable bonds is 4. The Kier molecular flexibility index (Phi) is 5.89. The van der Waals surface area contributed by atoms with Gasteiger partial charge in [-0.05, 0) is 49.2 Å². The minimum Gasteiger partial charge on any atom is -0.273 e. The number of fused-ring (bicyclic) bond motifs is 1. The molecule has 1 unspecified atom stereocenters. The van der Waals surface area contributed by atoms with Crippen LogP contribution >= 0.6 is 0 Å². The fourth-order valence-electron chi connectivity index (χ4n) is 3.11. The summed E-state index contributed by atoms with van der Waals surface area (Å²) < 4.78 is 53.9. The highest BCUT2D eigenvalue weighted by Gasteiger charge is 2.31. The average Bonchev–Trinajstić information content (AvgIpc) is 2.70. The van der Waals surface area contributed by atoms with Gasteiger partial charge in [0.25, 0.3) is 5.56 Å². The van der Waals surface area contributed by atoms with Crippen molar-refractivity contribution in [2.24, 2.45) is 0 Å². The molecule has 1 aromatic heterocycles. The smallest absolute Gasteiger partial charge is 0.273 e. The summed E-state index contributed by atoms with van der Waals surface area (Å²) in [6.07, 6.45) is -4.57. The SMILES string of the molecule is Cc1ccc(C(C)C(=O)Nn2c(C(C)C)nc3cc(C(F)(F)F)ccc3c2=O)cc1F. The van der Waals surface area contributed by atoms with Crippen LogP contribution in [-0.4, -0.2) is 15.6 Å². The van der Waals surface area contributed by atoms with E-state index in [9.17, 15) is 27.2 Å². The molecule has 1 atom stereocenters. The number of alkyl halides is 3. The van der Waals surface area contributed by atoms with Gasteiger partial charge < -0.3 is 0 Å². The van der Waals surface area contributed by atoms with Gasteiger partial charge in [0.1, 0.15) is 11.6 Å². The Balaban J connectivity index is 2.05. The van der Waals surface area contributed by atoms with E-state index in [0.29, 0.717) is 11.1 Å². The number of aryl methyl sites for hydroxylation is 1. The van der Waals surface area contributed by atoms with Gasteiger partial charge in [-0.3, -0.25) is 15.0 Å². The molecule has 1 heterocycles. The summed E-state index contributed by atoms with van der Waals surface area (Å²) in [4.78, 5) is 30.0. The first-order chi connectivity index (χ1) is 14.4.